The number of nitrogens with zero attached hydrogens (tertiary/aromatic N) is 2. The van der Waals surface area contributed by atoms with Gasteiger partial charge in [0.1, 0.15) is 0 Å². The van der Waals surface area contributed by atoms with Gasteiger partial charge in [-0.1, -0.05) is 24.3 Å². The zero-order chi connectivity index (χ0) is 22.8. The van der Waals surface area contributed by atoms with E-state index in [4.69, 9.17) is 5.26 Å². The topological polar surface area (TPSA) is 102 Å². The van der Waals surface area contributed by atoms with E-state index >= 15 is 0 Å². The lowest BCUT2D eigenvalue weighted by Crippen LogP contribution is -2.32. The van der Waals surface area contributed by atoms with Crippen molar-refractivity contribution in [1.82, 2.24) is 0 Å². The number of rotatable bonds is 9. The summed E-state index contributed by atoms with van der Waals surface area (Å²) in [6, 6.07) is 21.5. The fourth-order valence-corrected chi connectivity index (χ4v) is 3.60. The molecule has 8 heteroatoms. The minimum atomic E-state index is -0.290. The molecular formula is C24H22N4O3S. The number of para-hydroxylation sites is 1. The van der Waals surface area contributed by atoms with E-state index in [1.54, 1.807) is 42.5 Å². The third kappa shape index (κ3) is 6.52. The lowest BCUT2D eigenvalue weighted by molar-refractivity contribution is -0.122. The summed E-state index contributed by atoms with van der Waals surface area (Å²) in [4.78, 5) is 39.2. The van der Waals surface area contributed by atoms with Crippen LogP contribution < -0.4 is 15.5 Å². The number of carbonyl (C=O) groups excluding carboxylic acids is 3. The molecule has 1 aromatic heterocycles. The number of nitrogens with one attached hydrogen (secondary N) is 2. The van der Waals surface area contributed by atoms with Crippen LogP contribution in [-0.4, -0.2) is 24.3 Å². The molecule has 0 aliphatic heterocycles. The normalized spacial score (nSPS) is 10.1. The Kier molecular flexibility index (Phi) is 8.12. The Bertz CT molecular complexity index is 1090. The molecule has 0 fully saturated rings. The van der Waals surface area contributed by atoms with Crippen molar-refractivity contribution in [2.24, 2.45) is 0 Å². The second kappa shape index (κ2) is 11.4. The van der Waals surface area contributed by atoms with E-state index in [0.29, 0.717) is 21.9 Å². The molecular weight excluding hydrogens is 424 g/mol. The van der Waals surface area contributed by atoms with Crippen molar-refractivity contribution in [2.45, 2.75) is 19.3 Å². The highest BCUT2D eigenvalue weighted by molar-refractivity contribution is 7.12. The molecule has 2 N–H and O–H groups in total. The molecule has 0 bridgehead atoms. The molecule has 0 aliphatic rings. The van der Waals surface area contributed by atoms with Crippen LogP contribution in [0.3, 0.4) is 0 Å². The Labute approximate surface area is 190 Å². The van der Waals surface area contributed by atoms with Crippen molar-refractivity contribution in [3.8, 4) is 6.07 Å². The van der Waals surface area contributed by atoms with Crippen molar-refractivity contribution < 1.29 is 14.4 Å². The quantitative estimate of drug-likeness (QED) is 0.499. The van der Waals surface area contributed by atoms with E-state index in [-0.39, 0.29) is 43.5 Å². The summed E-state index contributed by atoms with van der Waals surface area (Å²) in [5.41, 5.74) is 1.89. The Hall–Kier alpha value is -3.96. The van der Waals surface area contributed by atoms with Crippen LogP contribution in [0.1, 0.15) is 28.9 Å². The first-order valence-corrected chi connectivity index (χ1v) is 10.9. The molecule has 1 heterocycles. The second-order valence-electron chi connectivity index (χ2n) is 6.85. The Morgan fingerprint density at radius 2 is 1.56 bits per heavy atom. The number of anilines is 3. The highest BCUT2D eigenvalue weighted by Gasteiger charge is 2.17. The molecule has 3 amide bonds. The molecule has 0 atom stereocenters. The third-order valence-corrected chi connectivity index (χ3v) is 5.42. The van der Waals surface area contributed by atoms with Crippen molar-refractivity contribution in [2.75, 3.05) is 22.1 Å². The van der Waals surface area contributed by atoms with Crippen molar-refractivity contribution in [3.63, 3.8) is 0 Å². The molecule has 3 rings (SSSR count). The number of thiophene rings is 1. The molecule has 2 aromatic carbocycles. The lowest BCUT2D eigenvalue weighted by atomic mass is 10.2. The summed E-state index contributed by atoms with van der Waals surface area (Å²) in [6.07, 6.45) is 0.259. The highest BCUT2D eigenvalue weighted by atomic mass is 32.1. The SMILES string of the molecule is N#CCCN(C(=O)CCC(=O)Nc1ccc(NC(=O)c2cccs2)cc1)c1ccccc1. The summed E-state index contributed by atoms with van der Waals surface area (Å²) in [6.45, 7) is 0.277. The fraction of sp³-hybridized carbons (Fsp3) is 0.167. The molecule has 0 saturated heterocycles. The van der Waals surface area contributed by atoms with Gasteiger partial charge in [0, 0.05) is 36.4 Å². The fourth-order valence-electron chi connectivity index (χ4n) is 2.98. The first kappa shape index (κ1) is 22.7. The predicted molar refractivity (Wildman–Crippen MR) is 126 cm³/mol. The Morgan fingerprint density at radius 3 is 2.19 bits per heavy atom. The van der Waals surface area contributed by atoms with Crippen LogP contribution >= 0.6 is 11.3 Å². The number of carbonyl (C=O) groups is 3. The molecule has 0 radical (unpaired) electrons. The maximum Gasteiger partial charge on any atom is 0.265 e. The van der Waals surface area contributed by atoms with Gasteiger partial charge in [0.25, 0.3) is 5.91 Å². The van der Waals surface area contributed by atoms with Gasteiger partial charge in [0.15, 0.2) is 0 Å². The van der Waals surface area contributed by atoms with Gasteiger partial charge in [-0.05, 0) is 47.8 Å². The van der Waals surface area contributed by atoms with E-state index in [2.05, 4.69) is 10.6 Å². The van der Waals surface area contributed by atoms with E-state index in [1.165, 1.54) is 16.2 Å². The van der Waals surface area contributed by atoms with Gasteiger partial charge in [-0.25, -0.2) is 0 Å². The maximum atomic E-state index is 12.6. The third-order valence-electron chi connectivity index (χ3n) is 4.55. The van der Waals surface area contributed by atoms with Gasteiger partial charge in [0.05, 0.1) is 17.4 Å². The van der Waals surface area contributed by atoms with Gasteiger partial charge in [0.2, 0.25) is 11.8 Å². The standard InChI is InChI=1S/C24H22N4O3S/c25-15-5-16-28(20-6-2-1-3-7-20)23(30)14-13-22(29)26-18-9-11-19(12-10-18)27-24(31)21-8-4-17-32-21/h1-4,6-12,17H,5,13-14,16H2,(H,26,29)(H,27,31). The van der Waals surface area contributed by atoms with E-state index in [9.17, 15) is 14.4 Å². The zero-order valence-corrected chi connectivity index (χ0v) is 18.1. The van der Waals surface area contributed by atoms with Gasteiger partial charge in [-0.3, -0.25) is 14.4 Å². The van der Waals surface area contributed by atoms with Gasteiger partial charge >= 0.3 is 0 Å². The van der Waals surface area contributed by atoms with Crippen LogP contribution in [0.25, 0.3) is 0 Å². The second-order valence-corrected chi connectivity index (χ2v) is 7.79. The van der Waals surface area contributed by atoms with E-state index < -0.39 is 0 Å². The molecule has 0 unspecified atom stereocenters. The van der Waals surface area contributed by atoms with Crippen LogP contribution in [0.4, 0.5) is 17.1 Å². The molecule has 7 nitrogen and oxygen atoms in total. The number of nitriles is 1. The molecule has 0 aliphatic carbocycles. The molecule has 162 valence electrons. The van der Waals surface area contributed by atoms with E-state index in [1.807, 2.05) is 35.7 Å². The van der Waals surface area contributed by atoms with E-state index in [0.717, 1.165) is 0 Å². The predicted octanol–water partition coefficient (Wildman–Crippen LogP) is 4.67. The van der Waals surface area contributed by atoms with Crippen LogP contribution in [0.2, 0.25) is 0 Å². The molecule has 0 spiro atoms. The first-order valence-electron chi connectivity index (χ1n) is 10.0. The number of hydrogen-bond acceptors (Lipinski definition) is 5. The largest absolute Gasteiger partial charge is 0.326 e. The molecule has 32 heavy (non-hydrogen) atoms. The van der Waals surface area contributed by atoms with Gasteiger partial charge < -0.3 is 15.5 Å². The monoisotopic (exact) mass is 446 g/mol. The summed E-state index contributed by atoms with van der Waals surface area (Å²) < 4.78 is 0. The summed E-state index contributed by atoms with van der Waals surface area (Å²) in [5.74, 6) is -0.690. The molecule has 3 aromatic rings. The van der Waals surface area contributed by atoms with Crippen molar-refractivity contribution in [3.05, 3.63) is 77.0 Å². The summed E-state index contributed by atoms with van der Waals surface area (Å²) in [7, 11) is 0. The Balaban J connectivity index is 1.50. The minimum Gasteiger partial charge on any atom is -0.326 e. The molecule has 0 saturated carbocycles. The highest BCUT2D eigenvalue weighted by Crippen LogP contribution is 2.18. The van der Waals surface area contributed by atoms with Crippen LogP contribution in [-0.2, 0) is 9.59 Å². The number of amides is 3. The average Bonchev–Trinajstić information content (AvgIpc) is 3.35. The minimum absolute atomic E-state index is 0.0194. The zero-order valence-electron chi connectivity index (χ0n) is 17.3. The average molecular weight is 447 g/mol. The van der Waals surface area contributed by atoms with Crippen LogP contribution in [0.5, 0.6) is 0 Å². The van der Waals surface area contributed by atoms with Gasteiger partial charge in [-0.15, -0.1) is 11.3 Å². The summed E-state index contributed by atoms with van der Waals surface area (Å²) >= 11 is 1.36. The van der Waals surface area contributed by atoms with Crippen molar-refractivity contribution >= 4 is 46.1 Å². The van der Waals surface area contributed by atoms with Crippen molar-refractivity contribution in [1.29, 1.82) is 5.26 Å². The van der Waals surface area contributed by atoms with Crippen LogP contribution in [0.15, 0.2) is 72.1 Å². The number of hydrogen-bond donors (Lipinski definition) is 2. The Morgan fingerprint density at radius 1 is 0.875 bits per heavy atom. The van der Waals surface area contributed by atoms with Gasteiger partial charge in [-0.2, -0.15) is 5.26 Å². The first-order chi connectivity index (χ1) is 15.6. The number of benzene rings is 2. The van der Waals surface area contributed by atoms with Crippen LogP contribution in [0, 0.1) is 11.3 Å². The summed E-state index contributed by atoms with van der Waals surface area (Å²) in [5, 5.41) is 16.3. The lowest BCUT2D eigenvalue weighted by Gasteiger charge is -2.21. The smallest absolute Gasteiger partial charge is 0.265 e. The maximum absolute atomic E-state index is 12.6.